The summed E-state index contributed by atoms with van der Waals surface area (Å²) in [6, 6.07) is 0. The minimum atomic E-state index is 0.364. The second-order valence-corrected chi connectivity index (χ2v) is 6.12. The first-order valence-corrected chi connectivity index (χ1v) is 6.00. The molecule has 1 N–H and O–H groups in total. The third kappa shape index (κ3) is 1.39. The van der Waals surface area contributed by atoms with E-state index in [0.717, 1.165) is 5.92 Å². The van der Waals surface area contributed by atoms with Crippen LogP contribution in [0.4, 0.5) is 0 Å². The van der Waals surface area contributed by atoms with Gasteiger partial charge in [0.2, 0.25) is 0 Å². The van der Waals surface area contributed by atoms with Gasteiger partial charge in [0.15, 0.2) is 0 Å². The SMILES string of the molecule is CCC1(C2CC2)NC(C)(C)CS1. The van der Waals surface area contributed by atoms with E-state index in [1.54, 1.807) is 0 Å². The largest absolute Gasteiger partial charge is 0.297 e. The molecule has 1 heterocycles. The van der Waals surface area contributed by atoms with Crippen molar-refractivity contribution in [3.05, 3.63) is 0 Å². The van der Waals surface area contributed by atoms with Gasteiger partial charge in [0, 0.05) is 11.3 Å². The van der Waals surface area contributed by atoms with Crippen LogP contribution in [0.2, 0.25) is 0 Å². The molecule has 0 aromatic heterocycles. The summed E-state index contributed by atoms with van der Waals surface area (Å²) in [5.74, 6) is 2.24. The van der Waals surface area contributed by atoms with Crippen molar-refractivity contribution in [2.75, 3.05) is 5.75 Å². The van der Waals surface area contributed by atoms with E-state index >= 15 is 0 Å². The van der Waals surface area contributed by atoms with Crippen LogP contribution in [0.5, 0.6) is 0 Å². The van der Waals surface area contributed by atoms with Crippen LogP contribution in [0.1, 0.15) is 40.0 Å². The molecule has 0 aromatic rings. The molecule has 1 nitrogen and oxygen atoms in total. The Kier molecular flexibility index (Phi) is 1.96. The minimum Gasteiger partial charge on any atom is -0.297 e. The van der Waals surface area contributed by atoms with E-state index < -0.39 is 0 Å². The number of hydrogen-bond acceptors (Lipinski definition) is 2. The molecule has 0 radical (unpaired) electrons. The average molecular weight is 185 g/mol. The molecule has 2 heteroatoms. The number of nitrogens with one attached hydrogen (secondary N) is 1. The predicted molar refractivity (Wildman–Crippen MR) is 55.4 cm³/mol. The van der Waals surface area contributed by atoms with E-state index in [9.17, 15) is 0 Å². The van der Waals surface area contributed by atoms with Gasteiger partial charge in [-0.25, -0.2) is 0 Å². The Morgan fingerprint density at radius 3 is 2.42 bits per heavy atom. The summed E-state index contributed by atoms with van der Waals surface area (Å²) in [6.45, 7) is 6.96. The first-order chi connectivity index (χ1) is 5.58. The average Bonchev–Trinajstić information content (AvgIpc) is 2.78. The lowest BCUT2D eigenvalue weighted by Crippen LogP contribution is -2.48. The molecule has 1 aliphatic carbocycles. The summed E-state index contributed by atoms with van der Waals surface area (Å²) >= 11 is 2.16. The van der Waals surface area contributed by atoms with E-state index in [-0.39, 0.29) is 0 Å². The molecule has 1 unspecified atom stereocenters. The minimum absolute atomic E-state index is 0.364. The lowest BCUT2D eigenvalue weighted by atomic mass is 10.0. The van der Waals surface area contributed by atoms with Gasteiger partial charge in [-0.3, -0.25) is 5.32 Å². The zero-order valence-electron chi connectivity index (χ0n) is 8.31. The molecule has 1 aliphatic heterocycles. The summed E-state index contributed by atoms with van der Waals surface area (Å²) in [4.78, 5) is 0.448. The van der Waals surface area contributed by atoms with Crippen molar-refractivity contribution in [1.29, 1.82) is 0 Å². The summed E-state index contributed by atoms with van der Waals surface area (Å²) in [7, 11) is 0. The zero-order chi connectivity index (χ0) is 8.82. The monoisotopic (exact) mass is 185 g/mol. The third-order valence-corrected chi connectivity index (χ3v) is 5.11. The van der Waals surface area contributed by atoms with E-state index in [0.29, 0.717) is 10.4 Å². The summed E-state index contributed by atoms with van der Waals surface area (Å²) in [5, 5.41) is 3.82. The summed E-state index contributed by atoms with van der Waals surface area (Å²) in [6.07, 6.45) is 4.18. The fraction of sp³-hybridized carbons (Fsp3) is 1.00. The smallest absolute Gasteiger partial charge is 0.0676 e. The molecule has 0 bridgehead atoms. The van der Waals surface area contributed by atoms with Crippen LogP contribution in [-0.4, -0.2) is 16.2 Å². The van der Waals surface area contributed by atoms with Crippen LogP contribution in [0, 0.1) is 5.92 Å². The Morgan fingerprint density at radius 1 is 1.42 bits per heavy atom. The fourth-order valence-electron chi connectivity index (χ4n) is 2.20. The quantitative estimate of drug-likeness (QED) is 0.710. The third-order valence-electron chi connectivity index (χ3n) is 3.00. The van der Waals surface area contributed by atoms with Crippen molar-refractivity contribution in [1.82, 2.24) is 5.32 Å². The van der Waals surface area contributed by atoms with Gasteiger partial charge in [-0.15, -0.1) is 11.8 Å². The molecule has 1 saturated carbocycles. The first kappa shape index (κ1) is 8.89. The number of rotatable bonds is 2. The van der Waals surface area contributed by atoms with Crippen molar-refractivity contribution < 1.29 is 0 Å². The van der Waals surface area contributed by atoms with Gasteiger partial charge in [0.25, 0.3) is 0 Å². The maximum atomic E-state index is 3.82. The molecular formula is C10H19NS. The maximum Gasteiger partial charge on any atom is 0.0676 e. The standard InChI is InChI=1S/C10H19NS/c1-4-10(8-5-6-8)11-9(2,3)7-12-10/h8,11H,4-7H2,1-3H3. The van der Waals surface area contributed by atoms with Crippen LogP contribution < -0.4 is 5.32 Å². The van der Waals surface area contributed by atoms with Gasteiger partial charge >= 0.3 is 0 Å². The highest BCUT2D eigenvalue weighted by molar-refractivity contribution is 8.01. The normalized spacial score (nSPS) is 40.2. The summed E-state index contributed by atoms with van der Waals surface area (Å²) < 4.78 is 0. The first-order valence-electron chi connectivity index (χ1n) is 5.01. The Bertz CT molecular complexity index is 186. The van der Waals surface area contributed by atoms with E-state index in [4.69, 9.17) is 0 Å². The van der Waals surface area contributed by atoms with Crippen LogP contribution in [-0.2, 0) is 0 Å². The number of thioether (sulfide) groups is 1. The van der Waals surface area contributed by atoms with Crippen LogP contribution in [0.15, 0.2) is 0 Å². The molecule has 1 saturated heterocycles. The van der Waals surface area contributed by atoms with E-state index in [1.165, 1.54) is 25.0 Å². The predicted octanol–water partition coefficient (Wildman–Crippen LogP) is 2.62. The van der Waals surface area contributed by atoms with E-state index in [1.807, 2.05) is 0 Å². The molecule has 0 spiro atoms. The van der Waals surface area contributed by atoms with Gasteiger partial charge in [-0.05, 0) is 39.0 Å². The molecule has 2 fully saturated rings. The Morgan fingerprint density at radius 2 is 2.08 bits per heavy atom. The van der Waals surface area contributed by atoms with Gasteiger partial charge in [-0.2, -0.15) is 0 Å². The highest BCUT2D eigenvalue weighted by Gasteiger charge is 2.51. The number of hydrogen-bond donors (Lipinski definition) is 1. The van der Waals surface area contributed by atoms with E-state index in [2.05, 4.69) is 37.8 Å². The molecule has 1 atom stereocenters. The Hall–Kier alpha value is 0.310. The molecule has 2 rings (SSSR count). The van der Waals surface area contributed by atoms with Crippen molar-refractivity contribution in [3.8, 4) is 0 Å². The van der Waals surface area contributed by atoms with Gasteiger partial charge < -0.3 is 0 Å². The highest BCUT2D eigenvalue weighted by atomic mass is 32.2. The Labute approximate surface area is 79.7 Å². The maximum absolute atomic E-state index is 3.82. The fourth-order valence-corrected chi connectivity index (χ4v) is 3.92. The van der Waals surface area contributed by atoms with Gasteiger partial charge in [0.1, 0.15) is 0 Å². The second kappa shape index (κ2) is 2.65. The molecular weight excluding hydrogens is 166 g/mol. The zero-order valence-corrected chi connectivity index (χ0v) is 9.13. The van der Waals surface area contributed by atoms with Crippen molar-refractivity contribution >= 4 is 11.8 Å². The van der Waals surface area contributed by atoms with Gasteiger partial charge in [-0.1, -0.05) is 6.92 Å². The lowest BCUT2D eigenvalue weighted by molar-refractivity contribution is 0.328. The lowest BCUT2D eigenvalue weighted by Gasteiger charge is -2.30. The van der Waals surface area contributed by atoms with Crippen LogP contribution in [0.25, 0.3) is 0 Å². The van der Waals surface area contributed by atoms with Crippen molar-refractivity contribution in [2.45, 2.75) is 50.4 Å². The second-order valence-electron chi connectivity index (χ2n) is 4.81. The molecule has 0 amide bonds. The van der Waals surface area contributed by atoms with Crippen molar-refractivity contribution in [3.63, 3.8) is 0 Å². The summed E-state index contributed by atoms with van der Waals surface area (Å²) in [5.41, 5.74) is 0.364. The Balaban J connectivity index is 2.10. The van der Waals surface area contributed by atoms with Crippen LogP contribution >= 0.6 is 11.8 Å². The topological polar surface area (TPSA) is 12.0 Å². The highest BCUT2D eigenvalue weighted by Crippen LogP contribution is 2.52. The molecule has 70 valence electrons. The molecule has 12 heavy (non-hydrogen) atoms. The van der Waals surface area contributed by atoms with Crippen molar-refractivity contribution in [2.24, 2.45) is 5.92 Å². The van der Waals surface area contributed by atoms with Gasteiger partial charge in [0.05, 0.1) is 4.87 Å². The molecule has 0 aromatic carbocycles. The van der Waals surface area contributed by atoms with Crippen LogP contribution in [0.3, 0.4) is 0 Å². The molecule has 2 aliphatic rings.